The van der Waals surface area contributed by atoms with Gasteiger partial charge in [0.25, 0.3) is 0 Å². The average molecular weight is 553 g/mol. The zero-order valence-corrected chi connectivity index (χ0v) is 27.3. The maximum absolute atomic E-state index is 10.3. The molecule has 6 heteroatoms. The quantitative estimate of drug-likeness (QED) is 0.202. The van der Waals surface area contributed by atoms with E-state index in [2.05, 4.69) is 76.2 Å². The van der Waals surface area contributed by atoms with Crippen molar-refractivity contribution in [2.75, 3.05) is 19.8 Å². The van der Waals surface area contributed by atoms with Gasteiger partial charge in [0.1, 0.15) is 12.4 Å². The van der Waals surface area contributed by atoms with Crippen LogP contribution in [0.3, 0.4) is 0 Å². The molecule has 0 spiro atoms. The van der Waals surface area contributed by atoms with E-state index >= 15 is 0 Å². The predicted octanol–water partition coefficient (Wildman–Crippen LogP) is 7.60. The van der Waals surface area contributed by atoms with Crippen LogP contribution < -0.4 is 4.74 Å². The molecule has 0 heterocycles. The van der Waals surface area contributed by atoms with Crippen molar-refractivity contribution in [1.82, 2.24) is 0 Å². The van der Waals surface area contributed by atoms with Gasteiger partial charge in [-0.3, -0.25) is 0 Å². The van der Waals surface area contributed by atoms with Crippen LogP contribution in [0, 0.1) is 5.41 Å². The fourth-order valence-electron chi connectivity index (χ4n) is 4.76. The summed E-state index contributed by atoms with van der Waals surface area (Å²) < 4.78 is 31.4. The van der Waals surface area contributed by atoms with Crippen LogP contribution in [0.5, 0.6) is 5.75 Å². The van der Waals surface area contributed by atoms with E-state index in [0.29, 0.717) is 19.6 Å². The van der Waals surface area contributed by atoms with Crippen molar-refractivity contribution in [3.63, 3.8) is 0 Å². The first kappa shape index (κ1) is 35.8. The Kier molecular flexibility index (Phi) is 13.4. The molecule has 0 aliphatic carbocycles. The van der Waals surface area contributed by atoms with Crippen LogP contribution in [-0.2, 0) is 18.9 Å². The van der Waals surface area contributed by atoms with Crippen molar-refractivity contribution in [3.05, 3.63) is 30.3 Å². The molecule has 6 nitrogen and oxygen atoms in total. The minimum atomic E-state index is -0.544. The van der Waals surface area contributed by atoms with Crippen LogP contribution in [0.15, 0.2) is 30.3 Å². The highest BCUT2D eigenvalue weighted by Crippen LogP contribution is 2.41. The van der Waals surface area contributed by atoms with E-state index in [-0.39, 0.29) is 41.5 Å². The molecule has 0 aromatic heterocycles. The van der Waals surface area contributed by atoms with Crippen molar-refractivity contribution in [2.45, 2.75) is 150 Å². The highest BCUT2D eigenvalue weighted by atomic mass is 16.5. The lowest BCUT2D eigenvalue weighted by molar-refractivity contribution is -0.195. The Morgan fingerprint density at radius 2 is 1.36 bits per heavy atom. The van der Waals surface area contributed by atoms with E-state index in [1.54, 1.807) is 0 Å². The number of para-hydroxylation sites is 1. The summed E-state index contributed by atoms with van der Waals surface area (Å²) in [7, 11) is 0. The first-order valence-electron chi connectivity index (χ1n) is 14.6. The van der Waals surface area contributed by atoms with Gasteiger partial charge < -0.3 is 28.8 Å². The summed E-state index contributed by atoms with van der Waals surface area (Å²) in [5, 5.41) is 10.3. The Labute approximate surface area is 240 Å². The second kappa shape index (κ2) is 14.6. The lowest BCUT2D eigenvalue weighted by Crippen LogP contribution is -2.49. The number of aliphatic hydroxyl groups excluding tert-OH is 1. The van der Waals surface area contributed by atoms with Crippen LogP contribution in [0.1, 0.15) is 109 Å². The summed E-state index contributed by atoms with van der Waals surface area (Å²) in [4.78, 5) is 0. The molecule has 0 aliphatic heterocycles. The zero-order valence-electron chi connectivity index (χ0n) is 27.3. The maximum atomic E-state index is 10.3. The summed E-state index contributed by atoms with van der Waals surface area (Å²) in [5.74, 6) is 0.832. The van der Waals surface area contributed by atoms with Gasteiger partial charge >= 0.3 is 0 Å². The van der Waals surface area contributed by atoms with Gasteiger partial charge in [0.05, 0.1) is 47.3 Å². The number of rotatable bonds is 18. The topological polar surface area (TPSA) is 66.4 Å². The van der Waals surface area contributed by atoms with Crippen molar-refractivity contribution in [2.24, 2.45) is 5.41 Å². The minimum Gasteiger partial charge on any atom is -0.491 e. The number of hydrogen-bond donors (Lipinski definition) is 1. The third-order valence-electron chi connectivity index (χ3n) is 7.19. The monoisotopic (exact) mass is 552 g/mol. The molecule has 1 aromatic rings. The Bertz CT molecular complexity index is 807. The standard InChI is InChI=1S/C33H60O6/c1-25(2)37-28(24-35-26-17-15-14-16-18-26)21-30(6,7)33(12,13)38-27(23-34)22-32(10,11)39-31(8,9)19-20-36-29(3,4)5/h14-18,25,27-28,34H,19-24H2,1-13H3. The Morgan fingerprint density at radius 3 is 1.87 bits per heavy atom. The van der Waals surface area contributed by atoms with Crippen LogP contribution in [-0.4, -0.2) is 65.6 Å². The summed E-state index contributed by atoms with van der Waals surface area (Å²) in [6.45, 7) is 28.2. The summed E-state index contributed by atoms with van der Waals surface area (Å²) in [6, 6.07) is 9.83. The van der Waals surface area contributed by atoms with E-state index in [1.807, 2.05) is 44.2 Å². The zero-order chi connectivity index (χ0) is 30.1. The highest BCUT2D eigenvalue weighted by molar-refractivity contribution is 5.20. The number of benzene rings is 1. The van der Waals surface area contributed by atoms with Crippen molar-refractivity contribution in [1.29, 1.82) is 0 Å². The van der Waals surface area contributed by atoms with E-state index in [1.165, 1.54) is 0 Å². The first-order chi connectivity index (χ1) is 17.7. The number of ether oxygens (including phenoxy) is 5. The maximum Gasteiger partial charge on any atom is 0.119 e. The molecule has 1 N–H and O–H groups in total. The van der Waals surface area contributed by atoms with Gasteiger partial charge in [-0.15, -0.1) is 0 Å². The molecule has 1 rings (SSSR count). The van der Waals surface area contributed by atoms with Crippen molar-refractivity contribution < 1.29 is 28.8 Å². The number of aliphatic hydroxyl groups is 1. The second-order valence-corrected chi connectivity index (χ2v) is 14.5. The van der Waals surface area contributed by atoms with E-state index in [9.17, 15) is 5.11 Å². The second-order valence-electron chi connectivity index (χ2n) is 14.5. The van der Waals surface area contributed by atoms with Crippen LogP contribution in [0.2, 0.25) is 0 Å². The molecule has 0 aliphatic rings. The van der Waals surface area contributed by atoms with Gasteiger partial charge in [0, 0.05) is 13.0 Å². The summed E-state index contributed by atoms with van der Waals surface area (Å²) >= 11 is 0. The van der Waals surface area contributed by atoms with Gasteiger partial charge in [-0.05, 0) is 107 Å². The Hall–Kier alpha value is -1.18. The van der Waals surface area contributed by atoms with Gasteiger partial charge in [0.15, 0.2) is 0 Å². The molecule has 0 saturated carbocycles. The molecular formula is C33H60O6. The third-order valence-corrected chi connectivity index (χ3v) is 7.19. The Morgan fingerprint density at radius 1 is 0.769 bits per heavy atom. The fourth-order valence-corrected chi connectivity index (χ4v) is 4.76. The molecule has 2 unspecified atom stereocenters. The molecule has 0 saturated heterocycles. The van der Waals surface area contributed by atoms with Gasteiger partial charge in [-0.1, -0.05) is 32.0 Å². The smallest absolute Gasteiger partial charge is 0.119 e. The van der Waals surface area contributed by atoms with E-state index < -0.39 is 11.2 Å². The molecule has 228 valence electrons. The number of hydrogen-bond acceptors (Lipinski definition) is 6. The summed E-state index contributed by atoms with van der Waals surface area (Å²) in [6.07, 6.45) is 1.68. The van der Waals surface area contributed by atoms with Gasteiger partial charge in [-0.2, -0.15) is 0 Å². The van der Waals surface area contributed by atoms with Crippen molar-refractivity contribution in [3.8, 4) is 5.75 Å². The molecule has 0 amide bonds. The molecule has 39 heavy (non-hydrogen) atoms. The Balaban J connectivity index is 2.85. The molecule has 0 radical (unpaired) electrons. The summed E-state index contributed by atoms with van der Waals surface area (Å²) in [5.41, 5.74) is -1.85. The molecule has 1 aromatic carbocycles. The molecular weight excluding hydrogens is 492 g/mol. The molecule has 2 atom stereocenters. The first-order valence-corrected chi connectivity index (χ1v) is 14.6. The van der Waals surface area contributed by atoms with Crippen LogP contribution in [0.4, 0.5) is 0 Å². The lowest BCUT2D eigenvalue weighted by atomic mass is 9.73. The molecule has 0 fully saturated rings. The molecule has 0 bridgehead atoms. The third kappa shape index (κ3) is 14.3. The largest absolute Gasteiger partial charge is 0.491 e. The van der Waals surface area contributed by atoms with E-state index in [0.717, 1.165) is 18.6 Å². The van der Waals surface area contributed by atoms with Gasteiger partial charge in [-0.25, -0.2) is 0 Å². The van der Waals surface area contributed by atoms with Crippen LogP contribution in [0.25, 0.3) is 0 Å². The highest BCUT2D eigenvalue weighted by Gasteiger charge is 2.43. The lowest BCUT2D eigenvalue weighted by Gasteiger charge is -2.46. The fraction of sp³-hybridized carbons (Fsp3) is 0.818. The SMILES string of the molecule is CC(C)OC(COc1ccccc1)CC(C)(C)C(C)(C)OC(CO)CC(C)(C)OC(C)(C)CCOC(C)(C)C. The van der Waals surface area contributed by atoms with Crippen LogP contribution >= 0.6 is 0 Å². The van der Waals surface area contributed by atoms with Crippen molar-refractivity contribution >= 4 is 0 Å². The average Bonchev–Trinajstić information content (AvgIpc) is 2.74. The van der Waals surface area contributed by atoms with Gasteiger partial charge in [0.2, 0.25) is 0 Å². The minimum absolute atomic E-state index is 0.0782. The van der Waals surface area contributed by atoms with E-state index in [4.69, 9.17) is 23.7 Å². The normalized spacial score (nSPS) is 15.5. The predicted molar refractivity (Wildman–Crippen MR) is 161 cm³/mol.